The van der Waals surface area contributed by atoms with Crippen LogP contribution >= 0.6 is 0 Å². The van der Waals surface area contributed by atoms with Gasteiger partial charge in [0.2, 0.25) is 0 Å². The van der Waals surface area contributed by atoms with E-state index in [1.54, 1.807) is 14.2 Å². The molecule has 68 valence electrons. The van der Waals surface area contributed by atoms with Gasteiger partial charge in [0, 0.05) is 12.7 Å². The van der Waals surface area contributed by atoms with Crippen LogP contribution in [-0.2, 0) is 9.47 Å². The topological polar surface area (TPSA) is 18.5 Å². The molecule has 0 saturated carbocycles. The molecule has 1 atom stereocenters. The Morgan fingerprint density at radius 2 is 1.92 bits per heavy atom. The molecule has 1 aliphatic carbocycles. The highest BCUT2D eigenvalue weighted by molar-refractivity contribution is 5.69. The van der Waals surface area contributed by atoms with Crippen LogP contribution in [0, 0.1) is 0 Å². The Hall–Kier alpha value is -1.28. The van der Waals surface area contributed by atoms with Gasteiger partial charge in [0.15, 0.2) is 0 Å². The van der Waals surface area contributed by atoms with Crippen molar-refractivity contribution in [2.75, 3.05) is 14.2 Å². The van der Waals surface area contributed by atoms with Gasteiger partial charge in [0.25, 0.3) is 0 Å². The van der Waals surface area contributed by atoms with Crippen LogP contribution in [-0.4, -0.2) is 14.2 Å². The molecule has 1 unspecified atom stereocenters. The van der Waals surface area contributed by atoms with E-state index < -0.39 is 0 Å². The largest absolute Gasteiger partial charge is 0.496 e. The molecule has 1 aromatic carbocycles. The Morgan fingerprint density at radius 1 is 1.15 bits per heavy atom. The Morgan fingerprint density at radius 3 is 2.62 bits per heavy atom. The predicted molar refractivity (Wildman–Crippen MR) is 51.2 cm³/mol. The fourth-order valence-electron chi connectivity index (χ4n) is 1.66. The van der Waals surface area contributed by atoms with Crippen LogP contribution in [0.2, 0.25) is 0 Å². The average Bonchev–Trinajstić information content (AvgIpc) is 2.56. The lowest BCUT2D eigenvalue weighted by Gasteiger charge is -2.06. The van der Waals surface area contributed by atoms with E-state index in [2.05, 4.69) is 6.07 Å². The van der Waals surface area contributed by atoms with E-state index >= 15 is 0 Å². The molecule has 0 fully saturated rings. The maximum absolute atomic E-state index is 5.31. The first-order chi connectivity index (χ1) is 6.36. The third kappa shape index (κ3) is 1.23. The van der Waals surface area contributed by atoms with Crippen molar-refractivity contribution in [3.63, 3.8) is 0 Å². The van der Waals surface area contributed by atoms with Crippen molar-refractivity contribution in [2.45, 2.75) is 6.10 Å². The molecule has 2 nitrogen and oxygen atoms in total. The van der Waals surface area contributed by atoms with E-state index in [9.17, 15) is 0 Å². The molecule has 2 rings (SSSR count). The molecule has 0 N–H and O–H groups in total. The van der Waals surface area contributed by atoms with Crippen molar-refractivity contribution in [2.24, 2.45) is 0 Å². The Balaban J connectivity index is 2.47. The molecule has 13 heavy (non-hydrogen) atoms. The molecule has 0 bridgehead atoms. The molecule has 0 aromatic heterocycles. The van der Waals surface area contributed by atoms with Crippen molar-refractivity contribution < 1.29 is 9.47 Å². The number of rotatable bonds is 2. The summed E-state index contributed by atoms with van der Waals surface area (Å²) in [5, 5.41) is 0. The van der Waals surface area contributed by atoms with Gasteiger partial charge >= 0.3 is 0 Å². The normalized spacial score (nSPS) is 19.5. The predicted octanol–water partition coefficient (Wildman–Crippen LogP) is 2.38. The third-order valence-electron chi connectivity index (χ3n) is 2.31. The van der Waals surface area contributed by atoms with E-state index in [-0.39, 0.29) is 6.10 Å². The van der Waals surface area contributed by atoms with E-state index in [0.29, 0.717) is 0 Å². The van der Waals surface area contributed by atoms with E-state index in [1.807, 2.05) is 24.3 Å². The summed E-state index contributed by atoms with van der Waals surface area (Å²) < 4.78 is 10.6. The molecule has 0 spiro atoms. The lowest BCUT2D eigenvalue weighted by molar-refractivity contribution is 0.144. The van der Waals surface area contributed by atoms with Gasteiger partial charge in [0.05, 0.1) is 7.11 Å². The minimum Gasteiger partial charge on any atom is -0.496 e. The molecule has 0 aliphatic heterocycles. The summed E-state index contributed by atoms with van der Waals surface area (Å²) in [5.74, 6) is 0.905. The SMILES string of the molecule is COC1=CC(OC)c2ccccc21. The summed E-state index contributed by atoms with van der Waals surface area (Å²) in [6.07, 6.45) is 2.04. The zero-order valence-corrected chi connectivity index (χ0v) is 7.78. The molecular formula is C11H12O2. The number of hydrogen-bond donors (Lipinski definition) is 0. The number of benzene rings is 1. The van der Waals surface area contributed by atoms with Gasteiger partial charge in [-0.05, 0) is 11.6 Å². The number of methoxy groups -OCH3 is 2. The number of hydrogen-bond acceptors (Lipinski definition) is 2. The lowest BCUT2D eigenvalue weighted by atomic mass is 10.1. The standard InChI is InChI=1S/C11H12O2/c1-12-10-7-11(13-2)9-6-4-3-5-8(9)10/h3-7,10H,1-2H3. The number of fused-ring (bicyclic) bond motifs is 1. The first-order valence-electron chi connectivity index (χ1n) is 4.24. The third-order valence-corrected chi connectivity index (χ3v) is 2.31. The van der Waals surface area contributed by atoms with E-state index in [0.717, 1.165) is 11.3 Å². The second kappa shape index (κ2) is 3.23. The summed E-state index contributed by atoms with van der Waals surface area (Å²) in [6.45, 7) is 0. The van der Waals surface area contributed by atoms with Crippen molar-refractivity contribution in [1.29, 1.82) is 0 Å². The van der Waals surface area contributed by atoms with Crippen LogP contribution in [0.5, 0.6) is 0 Å². The molecule has 1 aliphatic rings. The fraction of sp³-hybridized carbons (Fsp3) is 0.273. The van der Waals surface area contributed by atoms with Crippen molar-refractivity contribution >= 4 is 5.76 Å². The van der Waals surface area contributed by atoms with Gasteiger partial charge in [-0.15, -0.1) is 0 Å². The lowest BCUT2D eigenvalue weighted by Crippen LogP contribution is -1.94. The van der Waals surface area contributed by atoms with Gasteiger partial charge in [-0.25, -0.2) is 0 Å². The quantitative estimate of drug-likeness (QED) is 0.688. The molecule has 2 heteroatoms. The highest BCUT2D eigenvalue weighted by Crippen LogP contribution is 2.35. The Labute approximate surface area is 77.8 Å². The maximum Gasteiger partial charge on any atom is 0.125 e. The zero-order chi connectivity index (χ0) is 9.26. The van der Waals surface area contributed by atoms with Crippen LogP contribution in [0.4, 0.5) is 0 Å². The second-order valence-corrected chi connectivity index (χ2v) is 2.98. The Kier molecular flexibility index (Phi) is 2.07. The van der Waals surface area contributed by atoms with Crippen LogP contribution in [0.25, 0.3) is 5.76 Å². The monoisotopic (exact) mass is 176 g/mol. The highest BCUT2D eigenvalue weighted by Gasteiger charge is 2.22. The summed E-state index contributed by atoms with van der Waals surface area (Å²) in [6, 6.07) is 8.12. The molecule has 0 radical (unpaired) electrons. The first-order valence-corrected chi connectivity index (χ1v) is 4.24. The van der Waals surface area contributed by atoms with Gasteiger partial charge in [0.1, 0.15) is 11.9 Å². The van der Waals surface area contributed by atoms with Gasteiger partial charge < -0.3 is 9.47 Å². The smallest absolute Gasteiger partial charge is 0.125 e. The number of ether oxygens (including phenoxy) is 2. The summed E-state index contributed by atoms with van der Waals surface area (Å²) in [5.41, 5.74) is 2.32. The van der Waals surface area contributed by atoms with E-state index in [4.69, 9.17) is 9.47 Å². The minimum absolute atomic E-state index is 0.0474. The molecule has 1 aromatic rings. The molecule has 0 saturated heterocycles. The van der Waals surface area contributed by atoms with Crippen molar-refractivity contribution in [3.05, 3.63) is 41.5 Å². The summed E-state index contributed by atoms with van der Waals surface area (Å²) in [4.78, 5) is 0. The minimum atomic E-state index is 0.0474. The van der Waals surface area contributed by atoms with E-state index in [1.165, 1.54) is 5.56 Å². The fourth-order valence-corrected chi connectivity index (χ4v) is 1.66. The van der Waals surface area contributed by atoms with Crippen LogP contribution in [0.15, 0.2) is 30.3 Å². The van der Waals surface area contributed by atoms with Crippen LogP contribution in [0.1, 0.15) is 17.2 Å². The van der Waals surface area contributed by atoms with Crippen molar-refractivity contribution in [3.8, 4) is 0 Å². The summed E-state index contributed by atoms with van der Waals surface area (Å²) in [7, 11) is 3.39. The maximum atomic E-state index is 5.31. The second-order valence-electron chi connectivity index (χ2n) is 2.98. The summed E-state index contributed by atoms with van der Waals surface area (Å²) >= 11 is 0. The average molecular weight is 176 g/mol. The zero-order valence-electron chi connectivity index (χ0n) is 7.78. The van der Waals surface area contributed by atoms with Gasteiger partial charge in [-0.2, -0.15) is 0 Å². The first kappa shape index (κ1) is 8.32. The van der Waals surface area contributed by atoms with Gasteiger partial charge in [-0.3, -0.25) is 0 Å². The Bertz CT molecular complexity index is 342. The molecule has 0 heterocycles. The van der Waals surface area contributed by atoms with Crippen molar-refractivity contribution in [1.82, 2.24) is 0 Å². The van der Waals surface area contributed by atoms with Gasteiger partial charge in [-0.1, -0.05) is 24.3 Å². The van der Waals surface area contributed by atoms with Crippen LogP contribution < -0.4 is 0 Å². The molecule has 0 amide bonds. The highest BCUT2D eigenvalue weighted by atomic mass is 16.5. The van der Waals surface area contributed by atoms with Crippen LogP contribution in [0.3, 0.4) is 0 Å². The molecular weight excluding hydrogens is 164 g/mol.